The zero-order valence-electron chi connectivity index (χ0n) is 10.6. The zero-order chi connectivity index (χ0) is 12.6. The first-order valence-electron chi connectivity index (χ1n) is 5.55. The SMILES string of the molecule is C=C[C@H]1CN(C(=O)OC(C)(C)C)C[C@@]1(C)N. The number of hydrogen-bond donors (Lipinski definition) is 1. The molecule has 1 heterocycles. The van der Waals surface area contributed by atoms with Gasteiger partial charge in [0.05, 0.1) is 0 Å². The van der Waals surface area contributed by atoms with Crippen molar-refractivity contribution in [3.63, 3.8) is 0 Å². The molecule has 2 atom stereocenters. The highest BCUT2D eigenvalue weighted by Gasteiger charge is 2.41. The first-order chi connectivity index (χ1) is 7.15. The fraction of sp³-hybridized carbons (Fsp3) is 0.750. The molecule has 1 saturated heterocycles. The van der Waals surface area contributed by atoms with E-state index in [1.54, 1.807) is 4.90 Å². The molecule has 0 aromatic heterocycles. The molecule has 1 aliphatic rings. The van der Waals surface area contributed by atoms with Crippen LogP contribution >= 0.6 is 0 Å². The van der Waals surface area contributed by atoms with Gasteiger partial charge in [-0.05, 0) is 27.7 Å². The Hall–Kier alpha value is -1.03. The van der Waals surface area contributed by atoms with Gasteiger partial charge in [0, 0.05) is 24.5 Å². The van der Waals surface area contributed by atoms with Crippen molar-refractivity contribution in [1.82, 2.24) is 4.90 Å². The van der Waals surface area contributed by atoms with Crippen molar-refractivity contribution in [2.45, 2.75) is 38.8 Å². The third kappa shape index (κ3) is 2.98. The summed E-state index contributed by atoms with van der Waals surface area (Å²) in [7, 11) is 0. The van der Waals surface area contributed by atoms with Crippen LogP contribution in [0, 0.1) is 5.92 Å². The molecule has 1 amide bonds. The summed E-state index contributed by atoms with van der Waals surface area (Å²) in [5.41, 5.74) is 5.24. The predicted octanol–water partition coefficient (Wildman–Crippen LogP) is 1.76. The first kappa shape index (κ1) is 13.0. The molecule has 4 nitrogen and oxygen atoms in total. The molecule has 1 fully saturated rings. The lowest BCUT2D eigenvalue weighted by Gasteiger charge is -2.25. The largest absolute Gasteiger partial charge is 0.444 e. The number of rotatable bonds is 1. The second kappa shape index (κ2) is 4.09. The molecule has 0 radical (unpaired) electrons. The molecule has 4 heteroatoms. The lowest BCUT2D eigenvalue weighted by Crippen LogP contribution is -2.45. The molecule has 0 unspecified atom stereocenters. The van der Waals surface area contributed by atoms with Crippen molar-refractivity contribution < 1.29 is 9.53 Å². The van der Waals surface area contributed by atoms with Gasteiger partial charge in [-0.3, -0.25) is 0 Å². The third-order valence-corrected chi connectivity index (χ3v) is 2.73. The Balaban J connectivity index is 2.65. The van der Waals surface area contributed by atoms with Crippen LogP contribution in [-0.4, -0.2) is 35.2 Å². The summed E-state index contributed by atoms with van der Waals surface area (Å²) in [5.74, 6) is 0.125. The Bertz CT molecular complexity index is 292. The molecular weight excluding hydrogens is 204 g/mol. The second-order valence-corrected chi connectivity index (χ2v) is 5.71. The lowest BCUT2D eigenvalue weighted by molar-refractivity contribution is 0.0284. The minimum absolute atomic E-state index is 0.125. The number of nitrogens with two attached hydrogens (primary N) is 1. The van der Waals surface area contributed by atoms with Crippen LogP contribution in [0.15, 0.2) is 12.7 Å². The quantitative estimate of drug-likeness (QED) is 0.693. The third-order valence-electron chi connectivity index (χ3n) is 2.73. The van der Waals surface area contributed by atoms with Crippen LogP contribution in [0.4, 0.5) is 4.79 Å². The molecule has 92 valence electrons. The van der Waals surface area contributed by atoms with Gasteiger partial charge >= 0.3 is 6.09 Å². The van der Waals surface area contributed by atoms with Crippen molar-refractivity contribution in [1.29, 1.82) is 0 Å². The summed E-state index contributed by atoms with van der Waals surface area (Å²) in [6.45, 7) is 12.3. The smallest absolute Gasteiger partial charge is 0.410 e. The molecule has 0 aromatic carbocycles. The highest BCUT2D eigenvalue weighted by Crippen LogP contribution is 2.27. The van der Waals surface area contributed by atoms with Gasteiger partial charge in [0.25, 0.3) is 0 Å². The van der Waals surface area contributed by atoms with Crippen molar-refractivity contribution >= 4 is 6.09 Å². The van der Waals surface area contributed by atoms with Gasteiger partial charge in [-0.2, -0.15) is 0 Å². The molecule has 0 saturated carbocycles. The van der Waals surface area contributed by atoms with E-state index in [-0.39, 0.29) is 12.0 Å². The second-order valence-electron chi connectivity index (χ2n) is 5.71. The standard InChI is InChI=1S/C12H22N2O2/c1-6-9-7-14(8-12(9,5)13)10(15)16-11(2,3)4/h6,9H,1,7-8,13H2,2-5H3/t9-,12+/m0/s1. The number of hydrogen-bond acceptors (Lipinski definition) is 3. The summed E-state index contributed by atoms with van der Waals surface area (Å²) < 4.78 is 5.30. The van der Waals surface area contributed by atoms with Gasteiger partial charge in [0.1, 0.15) is 5.60 Å². The number of carbonyl (C=O) groups is 1. The van der Waals surface area contributed by atoms with Gasteiger partial charge in [-0.25, -0.2) is 4.79 Å². The molecule has 0 spiro atoms. The van der Waals surface area contributed by atoms with E-state index < -0.39 is 11.1 Å². The van der Waals surface area contributed by atoms with E-state index in [1.165, 1.54) is 0 Å². The topological polar surface area (TPSA) is 55.6 Å². The van der Waals surface area contributed by atoms with Gasteiger partial charge in [-0.15, -0.1) is 6.58 Å². The summed E-state index contributed by atoms with van der Waals surface area (Å²) in [6.07, 6.45) is 1.51. The highest BCUT2D eigenvalue weighted by molar-refractivity contribution is 5.69. The molecular formula is C12H22N2O2. The number of amides is 1. The Kier molecular flexibility index (Phi) is 3.33. The van der Waals surface area contributed by atoms with Gasteiger partial charge in [0.15, 0.2) is 0 Å². The fourth-order valence-corrected chi connectivity index (χ4v) is 1.85. The van der Waals surface area contributed by atoms with E-state index >= 15 is 0 Å². The zero-order valence-corrected chi connectivity index (χ0v) is 10.6. The van der Waals surface area contributed by atoms with Crippen LogP contribution in [0.2, 0.25) is 0 Å². The molecule has 2 N–H and O–H groups in total. The Labute approximate surface area is 97.4 Å². The average Bonchev–Trinajstić information content (AvgIpc) is 2.37. The van der Waals surface area contributed by atoms with E-state index in [0.29, 0.717) is 13.1 Å². The van der Waals surface area contributed by atoms with Crippen LogP contribution in [0.5, 0.6) is 0 Å². The van der Waals surface area contributed by atoms with Gasteiger partial charge in [0.2, 0.25) is 0 Å². The summed E-state index contributed by atoms with van der Waals surface area (Å²) in [4.78, 5) is 13.5. The number of likely N-dealkylation sites (tertiary alicyclic amines) is 1. The molecule has 1 rings (SSSR count). The van der Waals surface area contributed by atoms with E-state index in [0.717, 1.165) is 0 Å². The highest BCUT2D eigenvalue weighted by atomic mass is 16.6. The fourth-order valence-electron chi connectivity index (χ4n) is 1.85. The Morgan fingerprint density at radius 1 is 1.62 bits per heavy atom. The van der Waals surface area contributed by atoms with Crippen LogP contribution < -0.4 is 5.73 Å². The van der Waals surface area contributed by atoms with Crippen molar-refractivity contribution in [2.75, 3.05) is 13.1 Å². The number of carbonyl (C=O) groups excluding carboxylic acids is 1. The molecule has 0 aliphatic carbocycles. The van der Waals surface area contributed by atoms with E-state index in [4.69, 9.17) is 10.5 Å². The van der Waals surface area contributed by atoms with Crippen molar-refractivity contribution in [2.24, 2.45) is 11.7 Å². The Morgan fingerprint density at radius 2 is 2.19 bits per heavy atom. The summed E-state index contributed by atoms with van der Waals surface area (Å²) in [5, 5.41) is 0. The maximum atomic E-state index is 11.8. The summed E-state index contributed by atoms with van der Waals surface area (Å²) in [6, 6.07) is 0. The van der Waals surface area contributed by atoms with E-state index in [1.807, 2.05) is 33.8 Å². The van der Waals surface area contributed by atoms with Crippen LogP contribution in [-0.2, 0) is 4.74 Å². The summed E-state index contributed by atoms with van der Waals surface area (Å²) >= 11 is 0. The normalized spacial score (nSPS) is 30.3. The van der Waals surface area contributed by atoms with Crippen LogP contribution in [0.3, 0.4) is 0 Å². The van der Waals surface area contributed by atoms with E-state index in [2.05, 4.69) is 6.58 Å². The number of ether oxygens (including phenoxy) is 1. The lowest BCUT2D eigenvalue weighted by atomic mass is 9.91. The minimum Gasteiger partial charge on any atom is -0.444 e. The van der Waals surface area contributed by atoms with Crippen molar-refractivity contribution in [3.8, 4) is 0 Å². The maximum Gasteiger partial charge on any atom is 0.410 e. The monoisotopic (exact) mass is 226 g/mol. The average molecular weight is 226 g/mol. The Morgan fingerprint density at radius 3 is 2.56 bits per heavy atom. The number of nitrogens with zero attached hydrogens (tertiary/aromatic N) is 1. The maximum absolute atomic E-state index is 11.8. The molecule has 1 aliphatic heterocycles. The van der Waals surface area contributed by atoms with Crippen LogP contribution in [0.1, 0.15) is 27.7 Å². The molecule has 16 heavy (non-hydrogen) atoms. The van der Waals surface area contributed by atoms with Crippen LogP contribution in [0.25, 0.3) is 0 Å². The first-order valence-corrected chi connectivity index (χ1v) is 5.55. The minimum atomic E-state index is -0.464. The van der Waals surface area contributed by atoms with Gasteiger partial charge in [-0.1, -0.05) is 6.08 Å². The van der Waals surface area contributed by atoms with E-state index in [9.17, 15) is 4.79 Å². The van der Waals surface area contributed by atoms with Crippen molar-refractivity contribution in [3.05, 3.63) is 12.7 Å². The van der Waals surface area contributed by atoms with Gasteiger partial charge < -0.3 is 15.4 Å². The predicted molar refractivity (Wildman–Crippen MR) is 64.1 cm³/mol. The molecule has 0 aromatic rings. The molecule has 0 bridgehead atoms.